The molecule has 0 bridgehead atoms. The predicted molar refractivity (Wildman–Crippen MR) is 125 cm³/mol. The number of methoxy groups -OCH3 is 1. The lowest BCUT2D eigenvalue weighted by Gasteiger charge is -2.29. The summed E-state index contributed by atoms with van der Waals surface area (Å²) < 4.78 is 31.6. The van der Waals surface area contributed by atoms with E-state index < -0.39 is 5.82 Å². The minimum atomic E-state index is -0.433. The normalized spacial score (nSPS) is 15.1. The van der Waals surface area contributed by atoms with Gasteiger partial charge in [0.25, 0.3) is 5.91 Å². The summed E-state index contributed by atoms with van der Waals surface area (Å²) in [6, 6.07) is 14.9. The maximum atomic E-state index is 14.3. The Morgan fingerprint density at radius 1 is 1.06 bits per heavy atom. The summed E-state index contributed by atoms with van der Waals surface area (Å²) in [5.74, 6) is 1.78. The van der Waals surface area contributed by atoms with Gasteiger partial charge < -0.3 is 14.2 Å². The van der Waals surface area contributed by atoms with Crippen LogP contribution in [-0.2, 0) is 0 Å². The van der Waals surface area contributed by atoms with Crippen molar-refractivity contribution in [3.05, 3.63) is 71.0 Å². The second kappa shape index (κ2) is 8.94. The average molecular weight is 468 g/mol. The van der Waals surface area contributed by atoms with Crippen LogP contribution in [0.1, 0.15) is 29.6 Å². The Morgan fingerprint density at radius 2 is 1.88 bits per heavy atom. The van der Waals surface area contributed by atoms with Crippen molar-refractivity contribution in [1.82, 2.24) is 0 Å². The van der Waals surface area contributed by atoms with E-state index in [1.54, 1.807) is 43.5 Å². The molecule has 0 unspecified atom stereocenters. The Labute approximate surface area is 196 Å². The maximum Gasteiger partial charge on any atom is 0.264 e. The molecule has 0 atom stereocenters. The first-order valence-electron chi connectivity index (χ1n) is 10.9. The number of carbonyl (C=O) groups excluding carboxylic acids is 1. The van der Waals surface area contributed by atoms with Gasteiger partial charge in [-0.05, 0) is 60.4 Å². The predicted octanol–water partition coefficient (Wildman–Crippen LogP) is 6.33. The van der Waals surface area contributed by atoms with Crippen molar-refractivity contribution < 1.29 is 23.4 Å². The summed E-state index contributed by atoms with van der Waals surface area (Å²) in [4.78, 5) is 14.7. The van der Waals surface area contributed by atoms with Gasteiger partial charge in [0.2, 0.25) is 0 Å². The fourth-order valence-corrected chi connectivity index (χ4v) is 4.08. The highest BCUT2D eigenvalue weighted by molar-refractivity contribution is 6.30. The van der Waals surface area contributed by atoms with Crippen molar-refractivity contribution >= 4 is 23.2 Å². The highest BCUT2D eigenvalue weighted by Gasteiger charge is 2.28. The number of halogens is 2. The zero-order chi connectivity index (χ0) is 22.9. The number of hydrogen-bond donors (Lipinski definition) is 0. The second-order valence-electron chi connectivity index (χ2n) is 8.26. The third-order valence-corrected chi connectivity index (χ3v) is 6.22. The van der Waals surface area contributed by atoms with Crippen molar-refractivity contribution in [3.63, 3.8) is 0 Å². The number of nitrogens with zero attached hydrogens (tertiary/aromatic N) is 1. The number of amides is 1. The van der Waals surface area contributed by atoms with E-state index in [0.29, 0.717) is 51.3 Å². The van der Waals surface area contributed by atoms with E-state index in [-0.39, 0.29) is 12.6 Å². The fourth-order valence-electron chi connectivity index (χ4n) is 3.92. The molecule has 3 aromatic carbocycles. The molecule has 1 fully saturated rings. The van der Waals surface area contributed by atoms with Crippen LogP contribution in [0.3, 0.4) is 0 Å². The topological polar surface area (TPSA) is 48.0 Å². The van der Waals surface area contributed by atoms with Crippen LogP contribution >= 0.6 is 11.6 Å². The highest BCUT2D eigenvalue weighted by atomic mass is 35.5. The lowest BCUT2D eigenvalue weighted by atomic mass is 10.0. The van der Waals surface area contributed by atoms with Crippen molar-refractivity contribution in [1.29, 1.82) is 0 Å². The zero-order valence-corrected chi connectivity index (χ0v) is 18.9. The first kappa shape index (κ1) is 21.6. The lowest BCUT2D eigenvalue weighted by Crippen LogP contribution is -2.38. The van der Waals surface area contributed by atoms with Crippen molar-refractivity contribution in [2.75, 3.05) is 25.3 Å². The van der Waals surface area contributed by atoms with Gasteiger partial charge in [-0.2, -0.15) is 0 Å². The van der Waals surface area contributed by atoms with Gasteiger partial charge in [-0.25, -0.2) is 4.39 Å². The summed E-state index contributed by atoms with van der Waals surface area (Å²) >= 11 is 5.85. The van der Waals surface area contributed by atoms with Gasteiger partial charge in [0.1, 0.15) is 11.6 Å². The largest absolute Gasteiger partial charge is 0.493 e. The smallest absolute Gasteiger partial charge is 0.264 e. The van der Waals surface area contributed by atoms with Crippen LogP contribution in [0.25, 0.3) is 11.1 Å². The number of carbonyl (C=O) groups is 1. The number of benzene rings is 3. The minimum absolute atomic E-state index is 0.0312. The van der Waals surface area contributed by atoms with E-state index in [1.807, 2.05) is 12.1 Å². The first-order chi connectivity index (χ1) is 16.0. The average Bonchev–Trinajstić information content (AvgIpc) is 3.64. The quantitative estimate of drug-likeness (QED) is 0.407. The molecule has 1 aliphatic carbocycles. The van der Waals surface area contributed by atoms with E-state index in [9.17, 15) is 9.18 Å². The van der Waals surface area contributed by atoms with Crippen LogP contribution in [0.4, 0.5) is 10.1 Å². The Morgan fingerprint density at radius 3 is 2.64 bits per heavy atom. The van der Waals surface area contributed by atoms with Crippen molar-refractivity contribution in [2.45, 2.75) is 19.3 Å². The standard InChI is InChI=1S/C26H23ClFNO4/c1-31-25-14-19(6-9-23(25)32-11-10-16-2-3-16)29-15-33-24-12-17(4-7-21(24)26(29)30)20-8-5-18(27)13-22(20)28/h4-9,12-14,16H,2-3,10-11,15H2,1H3. The highest BCUT2D eigenvalue weighted by Crippen LogP contribution is 2.38. The van der Waals surface area contributed by atoms with Gasteiger partial charge in [0.05, 0.1) is 25.0 Å². The number of hydrogen-bond acceptors (Lipinski definition) is 4. The van der Waals surface area contributed by atoms with Crippen molar-refractivity contribution in [2.24, 2.45) is 5.92 Å². The molecule has 1 saturated carbocycles. The molecule has 0 aromatic heterocycles. The molecule has 0 saturated heterocycles. The van der Waals surface area contributed by atoms with E-state index in [1.165, 1.54) is 23.8 Å². The number of ether oxygens (including phenoxy) is 3. The van der Waals surface area contributed by atoms with Crippen LogP contribution in [0.15, 0.2) is 54.6 Å². The molecule has 3 aromatic rings. The molecular formula is C26H23ClFNO4. The molecule has 5 nitrogen and oxygen atoms in total. The Kier molecular flexibility index (Phi) is 5.85. The molecule has 0 N–H and O–H groups in total. The molecule has 33 heavy (non-hydrogen) atoms. The SMILES string of the molecule is COc1cc(N2COc3cc(-c4ccc(Cl)cc4F)ccc3C2=O)ccc1OCCC1CC1. The molecule has 170 valence electrons. The molecule has 2 aliphatic rings. The monoisotopic (exact) mass is 467 g/mol. The Hall–Kier alpha value is -3.25. The van der Waals surface area contributed by atoms with Crippen LogP contribution in [0, 0.1) is 11.7 Å². The van der Waals surface area contributed by atoms with E-state index >= 15 is 0 Å². The van der Waals surface area contributed by atoms with Crippen LogP contribution in [0.2, 0.25) is 5.02 Å². The van der Waals surface area contributed by atoms with E-state index in [0.717, 1.165) is 12.3 Å². The summed E-state index contributed by atoms with van der Waals surface area (Å²) in [5.41, 5.74) is 2.05. The lowest BCUT2D eigenvalue weighted by molar-refractivity contribution is 0.0937. The fraction of sp³-hybridized carbons (Fsp3) is 0.269. The maximum absolute atomic E-state index is 14.3. The summed E-state index contributed by atoms with van der Waals surface area (Å²) in [6.07, 6.45) is 3.62. The minimum Gasteiger partial charge on any atom is -0.493 e. The summed E-state index contributed by atoms with van der Waals surface area (Å²) in [5, 5.41) is 0.325. The molecule has 1 aliphatic heterocycles. The summed E-state index contributed by atoms with van der Waals surface area (Å²) in [7, 11) is 1.58. The number of rotatable bonds is 7. The van der Waals surface area contributed by atoms with Gasteiger partial charge in [0, 0.05) is 16.7 Å². The van der Waals surface area contributed by atoms with E-state index in [4.69, 9.17) is 25.8 Å². The first-order valence-corrected chi connectivity index (χ1v) is 11.3. The van der Waals surface area contributed by atoms with Gasteiger partial charge >= 0.3 is 0 Å². The van der Waals surface area contributed by atoms with Gasteiger partial charge in [0.15, 0.2) is 18.2 Å². The molecule has 0 spiro atoms. The third-order valence-electron chi connectivity index (χ3n) is 5.99. The van der Waals surface area contributed by atoms with Gasteiger partial charge in [-0.1, -0.05) is 30.5 Å². The molecule has 5 rings (SSSR count). The van der Waals surface area contributed by atoms with Crippen LogP contribution in [0.5, 0.6) is 17.2 Å². The number of fused-ring (bicyclic) bond motifs is 1. The van der Waals surface area contributed by atoms with Gasteiger partial charge in [-0.15, -0.1) is 0 Å². The Balaban J connectivity index is 1.36. The third kappa shape index (κ3) is 4.48. The van der Waals surface area contributed by atoms with Crippen LogP contribution < -0.4 is 19.1 Å². The van der Waals surface area contributed by atoms with E-state index in [2.05, 4.69) is 0 Å². The second-order valence-corrected chi connectivity index (χ2v) is 8.69. The zero-order valence-electron chi connectivity index (χ0n) is 18.1. The van der Waals surface area contributed by atoms with Crippen LogP contribution in [-0.4, -0.2) is 26.4 Å². The molecule has 1 amide bonds. The summed E-state index contributed by atoms with van der Waals surface area (Å²) in [6.45, 7) is 0.680. The number of anilines is 1. The molecule has 7 heteroatoms. The van der Waals surface area contributed by atoms with Crippen molar-refractivity contribution in [3.8, 4) is 28.4 Å². The van der Waals surface area contributed by atoms with Gasteiger partial charge in [-0.3, -0.25) is 9.69 Å². The molecule has 1 heterocycles. The Bertz CT molecular complexity index is 1210. The molecule has 0 radical (unpaired) electrons. The molecular weight excluding hydrogens is 445 g/mol.